The lowest BCUT2D eigenvalue weighted by molar-refractivity contribution is -0.138. The number of aliphatic hydroxyl groups is 1. The zero-order valence-electron chi connectivity index (χ0n) is 35.5. The third-order valence-electron chi connectivity index (χ3n) is 12.4. The van der Waals surface area contributed by atoms with Gasteiger partial charge in [-0.15, -0.1) is 6.58 Å². The Morgan fingerprint density at radius 1 is 0.935 bits per heavy atom. The van der Waals surface area contributed by atoms with Gasteiger partial charge in [0.15, 0.2) is 0 Å². The van der Waals surface area contributed by atoms with Crippen molar-refractivity contribution in [2.24, 2.45) is 11.8 Å². The Labute approximate surface area is 360 Å². The summed E-state index contributed by atoms with van der Waals surface area (Å²) < 4.78 is 9.72. The number of imidazole rings is 2. The Kier molecular flexibility index (Phi) is 12.4. The number of aliphatic hydroxyl groups excluding tert-OH is 1. The SMILES string of the molecule is C=CCCN(Cc1nc2c(ccc3cc(-c4ccc(-c5cnc(C6C7CCC(C7)N6C(=O)C(NC(=O)OC)c6ccccc6)[nH]5)cc4)ccc32)[nH]1)C(O)C(NC(=O)OC)C(C)C. The van der Waals surface area contributed by atoms with E-state index in [0.717, 1.165) is 69.3 Å². The number of nitrogens with zero attached hydrogens (tertiary/aromatic N) is 4. The number of amides is 3. The summed E-state index contributed by atoms with van der Waals surface area (Å²) in [4.78, 5) is 59.4. The van der Waals surface area contributed by atoms with Crippen molar-refractivity contribution >= 4 is 39.9 Å². The Balaban J connectivity index is 0.994. The van der Waals surface area contributed by atoms with Crippen molar-refractivity contribution in [1.29, 1.82) is 0 Å². The van der Waals surface area contributed by atoms with E-state index in [0.29, 0.717) is 30.9 Å². The van der Waals surface area contributed by atoms with Gasteiger partial charge in [0.1, 0.15) is 23.9 Å². The van der Waals surface area contributed by atoms with E-state index in [1.54, 1.807) is 6.08 Å². The highest BCUT2D eigenvalue weighted by molar-refractivity contribution is 6.05. The molecule has 6 atom stereocenters. The molecule has 1 aliphatic carbocycles. The van der Waals surface area contributed by atoms with Gasteiger partial charge in [0.05, 0.1) is 55.8 Å². The van der Waals surface area contributed by atoms with Crippen LogP contribution in [0.1, 0.15) is 68.8 Å². The van der Waals surface area contributed by atoms with Crippen LogP contribution in [0.15, 0.2) is 104 Å². The molecule has 14 heteroatoms. The van der Waals surface area contributed by atoms with Gasteiger partial charge < -0.3 is 40.1 Å². The molecule has 3 heterocycles. The van der Waals surface area contributed by atoms with Crippen LogP contribution in [0.25, 0.3) is 44.2 Å². The van der Waals surface area contributed by atoms with E-state index < -0.39 is 30.5 Å². The molecule has 6 unspecified atom stereocenters. The Bertz CT molecular complexity index is 2550. The average molecular weight is 839 g/mol. The number of nitrogens with one attached hydrogen (secondary N) is 4. The fraction of sp³-hybridized carbons (Fsp3) is 0.354. The van der Waals surface area contributed by atoms with Gasteiger partial charge in [-0.25, -0.2) is 19.6 Å². The highest BCUT2D eigenvalue weighted by atomic mass is 16.5. The van der Waals surface area contributed by atoms with E-state index in [1.165, 1.54) is 14.2 Å². The second kappa shape index (κ2) is 18.2. The van der Waals surface area contributed by atoms with Crippen LogP contribution in [-0.4, -0.2) is 92.0 Å². The van der Waals surface area contributed by atoms with E-state index in [2.05, 4.69) is 75.7 Å². The molecule has 8 rings (SSSR count). The molecule has 62 heavy (non-hydrogen) atoms. The number of alkyl carbamates (subject to hydrolysis) is 2. The molecule has 0 spiro atoms. The number of carbonyl (C=O) groups excluding carboxylic acids is 3. The highest BCUT2D eigenvalue weighted by Gasteiger charge is 2.51. The molecule has 2 fully saturated rings. The summed E-state index contributed by atoms with van der Waals surface area (Å²) >= 11 is 0. The molecular formula is C48H54N8O6. The van der Waals surface area contributed by atoms with Gasteiger partial charge in [-0.05, 0) is 77.3 Å². The third-order valence-corrected chi connectivity index (χ3v) is 12.4. The first-order valence-electron chi connectivity index (χ1n) is 21.2. The van der Waals surface area contributed by atoms with Crippen LogP contribution >= 0.6 is 0 Å². The number of hydrogen-bond acceptors (Lipinski definition) is 9. The van der Waals surface area contributed by atoms with Crippen molar-refractivity contribution in [2.75, 3.05) is 20.8 Å². The van der Waals surface area contributed by atoms with Gasteiger partial charge >= 0.3 is 12.2 Å². The van der Waals surface area contributed by atoms with E-state index in [-0.39, 0.29) is 29.8 Å². The zero-order chi connectivity index (χ0) is 43.5. The van der Waals surface area contributed by atoms with Crippen molar-refractivity contribution in [3.63, 3.8) is 0 Å². The molecule has 14 nitrogen and oxygen atoms in total. The number of hydrogen-bond donors (Lipinski definition) is 5. The molecule has 0 radical (unpaired) electrons. The van der Waals surface area contributed by atoms with Crippen LogP contribution in [0.3, 0.4) is 0 Å². The van der Waals surface area contributed by atoms with Crippen LogP contribution in [0.2, 0.25) is 0 Å². The summed E-state index contributed by atoms with van der Waals surface area (Å²) in [5, 5.41) is 19.1. The van der Waals surface area contributed by atoms with E-state index in [9.17, 15) is 19.5 Å². The topological polar surface area (TPSA) is 178 Å². The summed E-state index contributed by atoms with van der Waals surface area (Å²) in [5.41, 5.74) is 6.38. The van der Waals surface area contributed by atoms with Crippen LogP contribution in [0.4, 0.5) is 9.59 Å². The molecule has 2 bridgehead atoms. The molecular weight excluding hydrogens is 785 g/mol. The Morgan fingerprint density at radius 3 is 2.39 bits per heavy atom. The minimum atomic E-state index is -0.983. The molecule has 1 aliphatic heterocycles. The van der Waals surface area contributed by atoms with Gasteiger partial charge in [-0.2, -0.15) is 0 Å². The number of aromatic nitrogens is 4. The van der Waals surface area contributed by atoms with Gasteiger partial charge in [0, 0.05) is 18.0 Å². The van der Waals surface area contributed by atoms with Crippen molar-refractivity contribution in [3.8, 4) is 22.4 Å². The van der Waals surface area contributed by atoms with E-state index in [4.69, 9.17) is 19.4 Å². The normalized spacial score (nSPS) is 18.6. The standard InChI is InChI=1S/C48H54N8O6/c1-6-7-23-55(45(57)40(28(2)3)53-47(59)61-4)27-39-50-37-22-19-33-24-32(18-21-36(33)42(37)52-39)29-13-15-30(16-14-29)38-26-49-44(51-38)43-34-17-20-35(25-34)56(43)46(58)41(54-48(60)62-5)31-11-9-8-10-12-31/h6,8-16,18-19,21-22,24,26,28,34-35,40-41,43,45,57H,1,7,17,20,23,25,27H2,2-5H3,(H,49,51)(H,50,52)(H,53,59)(H,54,60). The molecule has 6 aromatic rings. The summed E-state index contributed by atoms with van der Waals surface area (Å²) in [6.07, 6.45) is 4.88. The first-order valence-corrected chi connectivity index (χ1v) is 21.2. The van der Waals surface area contributed by atoms with Gasteiger partial charge in [-0.3, -0.25) is 9.69 Å². The number of H-pyrrole nitrogens is 2. The Hall–Kier alpha value is -6.51. The average Bonchev–Trinajstić information content (AvgIpc) is 4.13. The van der Waals surface area contributed by atoms with E-state index >= 15 is 0 Å². The second-order valence-corrected chi connectivity index (χ2v) is 16.6. The smallest absolute Gasteiger partial charge is 0.407 e. The second-order valence-electron chi connectivity index (χ2n) is 16.6. The maximum atomic E-state index is 14.3. The highest BCUT2D eigenvalue weighted by Crippen LogP contribution is 2.50. The first kappa shape index (κ1) is 42.2. The molecule has 5 N–H and O–H groups in total. The molecule has 1 saturated carbocycles. The summed E-state index contributed by atoms with van der Waals surface area (Å²) in [7, 11) is 2.60. The first-order chi connectivity index (χ1) is 30.1. The lowest BCUT2D eigenvalue weighted by atomic mass is 9.96. The summed E-state index contributed by atoms with van der Waals surface area (Å²) in [6, 6.07) is 26.5. The number of aromatic amines is 2. The lowest BCUT2D eigenvalue weighted by Crippen LogP contribution is -2.54. The Morgan fingerprint density at radius 2 is 1.66 bits per heavy atom. The minimum absolute atomic E-state index is 0.0560. The van der Waals surface area contributed by atoms with Crippen LogP contribution in [-0.2, 0) is 20.8 Å². The number of carbonyl (C=O) groups is 3. The summed E-state index contributed by atoms with van der Waals surface area (Å²) in [5.74, 6) is 1.49. The largest absolute Gasteiger partial charge is 0.453 e. The van der Waals surface area contributed by atoms with Crippen LogP contribution in [0.5, 0.6) is 0 Å². The number of methoxy groups -OCH3 is 2. The predicted octanol–water partition coefficient (Wildman–Crippen LogP) is 8.00. The molecule has 4 aromatic carbocycles. The maximum Gasteiger partial charge on any atom is 0.407 e. The fourth-order valence-electron chi connectivity index (χ4n) is 9.26. The molecule has 1 saturated heterocycles. The third kappa shape index (κ3) is 8.52. The molecule has 3 amide bonds. The zero-order valence-corrected chi connectivity index (χ0v) is 35.5. The van der Waals surface area contributed by atoms with Crippen molar-refractivity contribution < 1.29 is 29.0 Å². The number of piperidine rings is 1. The molecule has 322 valence electrons. The predicted molar refractivity (Wildman–Crippen MR) is 237 cm³/mol. The number of fused-ring (bicyclic) bond motifs is 5. The number of ether oxygens (including phenoxy) is 2. The van der Waals surface area contributed by atoms with Crippen LogP contribution in [0, 0.1) is 11.8 Å². The lowest BCUT2D eigenvalue weighted by Gasteiger charge is -2.36. The van der Waals surface area contributed by atoms with Crippen LogP contribution < -0.4 is 10.6 Å². The van der Waals surface area contributed by atoms with Gasteiger partial charge in [0.25, 0.3) is 5.91 Å². The number of likely N-dealkylation sites (tertiary alicyclic amines) is 1. The maximum absolute atomic E-state index is 14.3. The quantitative estimate of drug-likeness (QED) is 0.0507. The minimum Gasteiger partial charge on any atom is -0.453 e. The van der Waals surface area contributed by atoms with Gasteiger partial charge in [-0.1, -0.05) is 92.7 Å². The van der Waals surface area contributed by atoms with Gasteiger partial charge in [0.2, 0.25) is 0 Å². The van der Waals surface area contributed by atoms with Crippen molar-refractivity contribution in [2.45, 2.75) is 76.5 Å². The van der Waals surface area contributed by atoms with E-state index in [1.807, 2.05) is 66.2 Å². The van der Waals surface area contributed by atoms with Crippen molar-refractivity contribution in [3.05, 3.63) is 121 Å². The summed E-state index contributed by atoms with van der Waals surface area (Å²) in [6.45, 7) is 8.59. The number of rotatable bonds is 15. The fourth-order valence-corrected chi connectivity index (χ4v) is 9.26. The monoisotopic (exact) mass is 838 g/mol. The molecule has 2 aliphatic rings. The number of benzene rings is 4. The van der Waals surface area contributed by atoms with Crippen molar-refractivity contribution in [1.82, 2.24) is 40.4 Å². The molecule has 2 aromatic heterocycles.